The van der Waals surface area contributed by atoms with Crippen LogP contribution in [-0.4, -0.2) is 43.7 Å². The summed E-state index contributed by atoms with van der Waals surface area (Å²) in [4.78, 5) is 26.1. The van der Waals surface area contributed by atoms with Gasteiger partial charge >= 0.3 is 0 Å². The quantitative estimate of drug-likeness (QED) is 0.176. The van der Waals surface area contributed by atoms with Crippen molar-refractivity contribution in [3.8, 4) is 5.75 Å². The molecule has 1 fully saturated rings. The molecule has 0 spiro atoms. The number of ether oxygens (including phenoxy) is 1. The highest BCUT2D eigenvalue weighted by Crippen LogP contribution is 2.29. The van der Waals surface area contributed by atoms with Gasteiger partial charge in [0.1, 0.15) is 5.75 Å². The topological polar surface area (TPSA) is 122 Å². The monoisotopic (exact) mass is 634 g/mol. The Morgan fingerprint density at radius 2 is 1.56 bits per heavy atom. The highest BCUT2D eigenvalue weighted by atomic mass is 32.2. The summed E-state index contributed by atoms with van der Waals surface area (Å²) in [6.07, 6.45) is 8.09. The van der Waals surface area contributed by atoms with Gasteiger partial charge in [-0.25, -0.2) is 0 Å². The van der Waals surface area contributed by atoms with Crippen molar-refractivity contribution in [3.05, 3.63) is 95.1 Å². The molecule has 3 aromatic rings. The second-order valence-corrected chi connectivity index (χ2v) is 14.6. The highest BCUT2D eigenvalue weighted by Gasteiger charge is 2.23. The van der Waals surface area contributed by atoms with Crippen LogP contribution in [0.2, 0.25) is 0 Å². The molecule has 8 nitrogen and oxygen atoms in total. The van der Waals surface area contributed by atoms with E-state index in [1.54, 1.807) is 24.3 Å². The lowest BCUT2D eigenvalue weighted by atomic mass is 9.84. The van der Waals surface area contributed by atoms with Crippen LogP contribution in [0.15, 0.2) is 72.8 Å². The van der Waals surface area contributed by atoms with Gasteiger partial charge in [0, 0.05) is 17.8 Å². The minimum Gasteiger partial charge on any atom is -0.494 e. The summed E-state index contributed by atoms with van der Waals surface area (Å²) in [6.45, 7) is 6.95. The van der Waals surface area contributed by atoms with Gasteiger partial charge < -0.3 is 15.4 Å². The van der Waals surface area contributed by atoms with Crippen LogP contribution in [0, 0.1) is 5.92 Å². The van der Waals surface area contributed by atoms with Gasteiger partial charge in [0.25, 0.3) is 16.0 Å². The highest BCUT2D eigenvalue weighted by molar-refractivity contribution is 7.85. The van der Waals surface area contributed by atoms with Gasteiger partial charge in [-0.1, -0.05) is 89.3 Å². The van der Waals surface area contributed by atoms with E-state index in [0.717, 1.165) is 29.2 Å². The molecule has 4 rings (SSSR count). The predicted octanol–water partition coefficient (Wildman–Crippen LogP) is 6.92. The van der Waals surface area contributed by atoms with Gasteiger partial charge in [-0.05, 0) is 77.3 Å². The number of hydrogen-bond acceptors (Lipinski definition) is 5. The molecule has 1 atom stereocenters. The molecule has 1 saturated carbocycles. The largest absolute Gasteiger partial charge is 0.494 e. The lowest BCUT2D eigenvalue weighted by Crippen LogP contribution is -2.28. The average Bonchev–Trinajstić information content (AvgIpc) is 3.00. The second-order valence-electron chi connectivity index (χ2n) is 13.0. The van der Waals surface area contributed by atoms with Crippen LogP contribution < -0.4 is 15.4 Å². The number of carbonyl (C=O) groups is 2. The maximum atomic E-state index is 13.7. The molecule has 0 heterocycles. The first kappa shape index (κ1) is 34.2. The van der Waals surface area contributed by atoms with E-state index in [9.17, 15) is 18.0 Å². The number of hydrogen-bond donors (Lipinski definition) is 3. The molecular weight excluding hydrogens is 588 g/mol. The molecule has 0 saturated heterocycles. The summed E-state index contributed by atoms with van der Waals surface area (Å²) in [5.41, 5.74) is 3.95. The molecule has 3 N–H and O–H groups in total. The molecule has 1 unspecified atom stereocenters. The minimum absolute atomic E-state index is 0.0196. The molecule has 0 aliphatic heterocycles. The smallest absolute Gasteiger partial charge is 0.266 e. The second kappa shape index (κ2) is 15.5. The first-order valence-electron chi connectivity index (χ1n) is 15.8. The first-order valence-corrected chi connectivity index (χ1v) is 17.4. The standard InChI is InChI=1S/C36H46N2O6S/c1-36(2,3)30-15-13-28(14-16-30)33(25-27-9-11-29(12-10-27)34(39)37-22-24-45(41,42)43)35(40)38-31-17-19-32(20-18-31)44-23-21-26-7-5-4-6-8-26/h9-20,26,33H,4-8,21-25H2,1-3H3,(H,37,39)(H,38,40)(H,41,42,43). The Labute approximate surface area is 267 Å². The zero-order chi connectivity index (χ0) is 32.5. The van der Waals surface area contributed by atoms with E-state index in [-0.39, 0.29) is 17.9 Å². The lowest BCUT2D eigenvalue weighted by molar-refractivity contribution is -0.117. The van der Waals surface area contributed by atoms with Crippen molar-refractivity contribution in [1.29, 1.82) is 0 Å². The summed E-state index contributed by atoms with van der Waals surface area (Å²) in [6, 6.07) is 22.5. The number of rotatable bonds is 13. The van der Waals surface area contributed by atoms with E-state index in [1.807, 2.05) is 36.4 Å². The molecule has 1 aliphatic carbocycles. The van der Waals surface area contributed by atoms with Crippen LogP contribution in [0.4, 0.5) is 5.69 Å². The van der Waals surface area contributed by atoms with Crippen molar-refractivity contribution < 1.29 is 27.3 Å². The summed E-state index contributed by atoms with van der Waals surface area (Å²) < 4.78 is 36.7. The fourth-order valence-electron chi connectivity index (χ4n) is 5.68. The van der Waals surface area contributed by atoms with Crippen LogP contribution in [0.25, 0.3) is 0 Å². The van der Waals surface area contributed by atoms with Crippen molar-refractivity contribution in [2.24, 2.45) is 5.92 Å². The Morgan fingerprint density at radius 3 is 2.16 bits per heavy atom. The van der Waals surface area contributed by atoms with E-state index in [0.29, 0.717) is 24.3 Å². The van der Waals surface area contributed by atoms with Crippen LogP contribution >= 0.6 is 0 Å². The number of anilines is 1. The molecule has 9 heteroatoms. The normalized spacial score (nSPS) is 14.8. The molecule has 2 amide bonds. The number of carbonyl (C=O) groups excluding carboxylic acids is 2. The molecular formula is C36H46N2O6S. The van der Waals surface area contributed by atoms with Gasteiger partial charge in [-0.2, -0.15) is 8.42 Å². The summed E-state index contributed by atoms with van der Waals surface area (Å²) in [7, 11) is -4.16. The molecule has 0 radical (unpaired) electrons. The van der Waals surface area contributed by atoms with Crippen molar-refractivity contribution in [2.75, 3.05) is 24.2 Å². The molecule has 45 heavy (non-hydrogen) atoms. The summed E-state index contributed by atoms with van der Waals surface area (Å²) in [5.74, 6) is -0.0778. The molecule has 1 aliphatic rings. The zero-order valence-electron chi connectivity index (χ0n) is 26.6. The van der Waals surface area contributed by atoms with Gasteiger partial charge in [0.05, 0.1) is 18.3 Å². The third kappa shape index (κ3) is 11.0. The van der Waals surface area contributed by atoms with Gasteiger partial charge in [-0.3, -0.25) is 14.1 Å². The Morgan fingerprint density at radius 1 is 0.911 bits per heavy atom. The van der Waals surface area contributed by atoms with Crippen molar-refractivity contribution in [3.63, 3.8) is 0 Å². The van der Waals surface area contributed by atoms with E-state index >= 15 is 0 Å². The number of nitrogens with one attached hydrogen (secondary N) is 2. The van der Waals surface area contributed by atoms with Crippen molar-refractivity contribution >= 4 is 27.6 Å². The maximum absolute atomic E-state index is 13.7. The van der Waals surface area contributed by atoms with E-state index < -0.39 is 27.7 Å². The van der Waals surface area contributed by atoms with E-state index in [2.05, 4.69) is 43.5 Å². The third-order valence-electron chi connectivity index (χ3n) is 8.44. The maximum Gasteiger partial charge on any atom is 0.266 e. The third-order valence-corrected chi connectivity index (χ3v) is 9.16. The van der Waals surface area contributed by atoms with Crippen molar-refractivity contribution in [1.82, 2.24) is 5.32 Å². The van der Waals surface area contributed by atoms with Crippen LogP contribution in [0.3, 0.4) is 0 Å². The van der Waals surface area contributed by atoms with Gasteiger partial charge in [-0.15, -0.1) is 0 Å². The number of benzene rings is 3. The average molecular weight is 635 g/mol. The van der Waals surface area contributed by atoms with Crippen LogP contribution in [-0.2, 0) is 26.7 Å². The Kier molecular flexibility index (Phi) is 11.8. The molecule has 0 bridgehead atoms. The fourth-order valence-corrected chi connectivity index (χ4v) is 6.04. The van der Waals surface area contributed by atoms with Crippen molar-refractivity contribution in [2.45, 2.75) is 77.0 Å². The van der Waals surface area contributed by atoms with E-state index in [4.69, 9.17) is 9.29 Å². The van der Waals surface area contributed by atoms with Crippen LogP contribution in [0.5, 0.6) is 5.75 Å². The number of amides is 2. The van der Waals surface area contributed by atoms with Crippen LogP contribution in [0.1, 0.15) is 92.3 Å². The summed E-state index contributed by atoms with van der Waals surface area (Å²) >= 11 is 0. The predicted molar refractivity (Wildman–Crippen MR) is 179 cm³/mol. The molecule has 0 aromatic heterocycles. The Bertz CT molecular complexity index is 1510. The molecule has 3 aromatic carbocycles. The Hall–Kier alpha value is -3.69. The Balaban J connectivity index is 1.42. The van der Waals surface area contributed by atoms with Gasteiger partial charge in [0.2, 0.25) is 5.91 Å². The SMILES string of the molecule is CC(C)(C)c1ccc(C(Cc2ccc(C(=O)NCCS(=O)(=O)O)cc2)C(=O)Nc2ccc(OCCC3CCCCC3)cc2)cc1. The lowest BCUT2D eigenvalue weighted by Gasteiger charge is -2.22. The molecule has 242 valence electrons. The first-order chi connectivity index (χ1) is 21.4. The fraction of sp³-hybridized carbons (Fsp3) is 0.444. The summed E-state index contributed by atoms with van der Waals surface area (Å²) in [5, 5.41) is 5.56. The van der Waals surface area contributed by atoms with Gasteiger partial charge in [0.15, 0.2) is 0 Å². The zero-order valence-corrected chi connectivity index (χ0v) is 27.4. The minimum atomic E-state index is -4.16. The van der Waals surface area contributed by atoms with E-state index in [1.165, 1.54) is 37.7 Å².